The van der Waals surface area contributed by atoms with E-state index in [1.165, 1.54) is 9.21 Å². The van der Waals surface area contributed by atoms with Crippen molar-refractivity contribution in [2.45, 2.75) is 67.9 Å². The molecular formula is C35H43N3O5S2. The number of carbonyl (C=O) groups is 1. The molecule has 0 spiro atoms. The molecule has 1 aliphatic rings. The number of para-hydroxylation sites is 1. The molecule has 0 aliphatic carbocycles. The van der Waals surface area contributed by atoms with E-state index < -0.39 is 31.1 Å². The van der Waals surface area contributed by atoms with Crippen molar-refractivity contribution in [3.63, 3.8) is 0 Å². The van der Waals surface area contributed by atoms with Gasteiger partial charge in [-0.15, -0.1) is 0 Å². The van der Waals surface area contributed by atoms with Gasteiger partial charge >= 0.3 is 0 Å². The van der Waals surface area contributed by atoms with E-state index in [1.54, 1.807) is 37.0 Å². The SMILES string of the molecule is CCCc1ccc(CS(=O)(=O)C(C(=O)N(C)C)n2cc(C3CCN(S(=O)(=O)c4ccc(CCC)cc4)C3)c3ccccc32)cc1. The smallest absolute Gasteiger partial charge is 0.260 e. The van der Waals surface area contributed by atoms with Crippen molar-refractivity contribution in [1.29, 1.82) is 0 Å². The highest BCUT2D eigenvalue weighted by Crippen LogP contribution is 2.38. The van der Waals surface area contributed by atoms with Crippen LogP contribution in [0.2, 0.25) is 0 Å². The maximum absolute atomic E-state index is 14.1. The van der Waals surface area contributed by atoms with Gasteiger partial charge in [-0.05, 0) is 59.7 Å². The van der Waals surface area contributed by atoms with Gasteiger partial charge in [0.1, 0.15) is 0 Å². The lowest BCUT2D eigenvalue weighted by atomic mass is 9.98. The molecule has 8 nitrogen and oxygen atoms in total. The second-order valence-electron chi connectivity index (χ2n) is 12.2. The number of amides is 1. The molecule has 1 amide bonds. The van der Waals surface area contributed by atoms with Crippen LogP contribution in [0.3, 0.4) is 0 Å². The first kappa shape index (κ1) is 32.9. The summed E-state index contributed by atoms with van der Waals surface area (Å²) < 4.78 is 58.4. The van der Waals surface area contributed by atoms with Gasteiger partial charge < -0.3 is 9.47 Å². The maximum Gasteiger partial charge on any atom is 0.260 e. The molecule has 0 bridgehead atoms. The van der Waals surface area contributed by atoms with Crippen LogP contribution < -0.4 is 0 Å². The zero-order valence-corrected chi connectivity index (χ0v) is 28.1. The van der Waals surface area contributed by atoms with Gasteiger partial charge in [-0.3, -0.25) is 4.79 Å². The lowest BCUT2D eigenvalue weighted by Gasteiger charge is -2.23. The summed E-state index contributed by atoms with van der Waals surface area (Å²) in [6.45, 7) is 4.82. The number of nitrogens with zero attached hydrogens (tertiary/aromatic N) is 3. The van der Waals surface area contributed by atoms with Crippen LogP contribution in [0, 0.1) is 0 Å². The quantitative estimate of drug-likeness (QED) is 0.190. The zero-order chi connectivity index (χ0) is 32.4. The third-order valence-corrected chi connectivity index (χ3v) is 12.4. The van der Waals surface area contributed by atoms with Crippen molar-refractivity contribution in [3.8, 4) is 0 Å². The second-order valence-corrected chi connectivity index (χ2v) is 16.2. The summed E-state index contributed by atoms with van der Waals surface area (Å²) >= 11 is 0. The third-order valence-electron chi connectivity index (χ3n) is 8.64. The standard InChI is InChI=1S/C35H43N3O5S2/c1-5-9-26-13-15-28(16-14-26)25-44(40,41)35(34(39)36(3)4)38-24-32(31-11-7-8-12-33(31)38)29-21-22-37(23-29)45(42,43)30-19-17-27(10-6-2)18-20-30/h7-8,11-20,24,29,35H,5-6,9-10,21-23,25H2,1-4H3. The number of likely N-dealkylation sites (N-methyl/N-ethyl adjacent to an activating group) is 1. The van der Waals surface area contributed by atoms with E-state index in [0.717, 1.165) is 47.8 Å². The summed E-state index contributed by atoms with van der Waals surface area (Å²) in [6.07, 6.45) is 6.15. The summed E-state index contributed by atoms with van der Waals surface area (Å²) in [5.41, 5.74) is 4.35. The van der Waals surface area contributed by atoms with Crippen molar-refractivity contribution in [3.05, 3.63) is 101 Å². The Bertz CT molecular complexity index is 1860. The molecule has 5 rings (SSSR count). The predicted molar refractivity (Wildman–Crippen MR) is 179 cm³/mol. The topological polar surface area (TPSA) is 96.8 Å². The lowest BCUT2D eigenvalue weighted by molar-refractivity contribution is -0.129. The van der Waals surface area contributed by atoms with Crippen LogP contribution in [-0.4, -0.2) is 63.7 Å². The summed E-state index contributed by atoms with van der Waals surface area (Å²) in [4.78, 5) is 15.2. The van der Waals surface area contributed by atoms with E-state index in [9.17, 15) is 21.6 Å². The van der Waals surface area contributed by atoms with E-state index in [1.807, 2.05) is 60.7 Å². The normalized spacial score (nSPS) is 16.7. The first-order valence-corrected chi connectivity index (χ1v) is 18.8. The molecule has 4 aromatic rings. The fourth-order valence-electron chi connectivity index (χ4n) is 6.29. The summed E-state index contributed by atoms with van der Waals surface area (Å²) in [5, 5.41) is -0.648. The van der Waals surface area contributed by atoms with Gasteiger partial charge in [-0.1, -0.05) is 81.3 Å². The van der Waals surface area contributed by atoms with Crippen LogP contribution in [0.4, 0.5) is 0 Å². The molecule has 2 heterocycles. The molecule has 1 saturated heterocycles. The molecule has 2 atom stereocenters. The molecule has 0 radical (unpaired) electrons. The van der Waals surface area contributed by atoms with Crippen LogP contribution in [0.15, 0.2) is 83.9 Å². The predicted octanol–water partition coefficient (Wildman–Crippen LogP) is 5.93. The Labute approximate surface area is 267 Å². The van der Waals surface area contributed by atoms with Gasteiger partial charge in [-0.2, -0.15) is 4.31 Å². The third kappa shape index (κ3) is 6.88. The minimum Gasteiger partial charge on any atom is -0.346 e. The number of hydrogen-bond donors (Lipinski definition) is 0. The Morgan fingerprint density at radius 1 is 0.844 bits per heavy atom. The number of benzene rings is 3. The number of carbonyl (C=O) groups excluding carboxylic acids is 1. The number of rotatable bonds is 12. The molecule has 0 saturated carbocycles. The van der Waals surface area contributed by atoms with Crippen LogP contribution in [0.5, 0.6) is 0 Å². The number of aromatic nitrogens is 1. The molecule has 0 N–H and O–H groups in total. The Hall–Kier alpha value is -3.47. The van der Waals surface area contributed by atoms with E-state index in [0.29, 0.717) is 24.0 Å². The second kappa shape index (κ2) is 13.5. The molecule has 45 heavy (non-hydrogen) atoms. The molecule has 1 aliphatic heterocycles. The van der Waals surface area contributed by atoms with Crippen molar-refractivity contribution in [2.75, 3.05) is 27.2 Å². The lowest BCUT2D eigenvalue weighted by Crippen LogP contribution is -2.37. The Balaban J connectivity index is 1.48. The highest BCUT2D eigenvalue weighted by molar-refractivity contribution is 7.91. The number of sulfone groups is 1. The van der Waals surface area contributed by atoms with E-state index in [4.69, 9.17) is 0 Å². The average molecular weight is 650 g/mol. The Morgan fingerprint density at radius 2 is 1.42 bits per heavy atom. The number of fused-ring (bicyclic) bond motifs is 1. The molecule has 240 valence electrons. The summed E-state index contributed by atoms with van der Waals surface area (Å²) in [6, 6.07) is 22.1. The molecular weight excluding hydrogens is 607 g/mol. The molecule has 3 aromatic carbocycles. The van der Waals surface area contributed by atoms with Gasteiger partial charge in [-0.25, -0.2) is 16.8 Å². The number of aryl methyl sites for hydroxylation is 2. The fourth-order valence-corrected chi connectivity index (χ4v) is 9.64. The van der Waals surface area contributed by atoms with Crippen molar-refractivity contribution < 1.29 is 21.6 Å². The van der Waals surface area contributed by atoms with Gasteiger partial charge in [0, 0.05) is 50.2 Å². The maximum atomic E-state index is 14.1. The van der Waals surface area contributed by atoms with Crippen LogP contribution in [-0.2, 0) is 43.2 Å². The van der Waals surface area contributed by atoms with Crippen LogP contribution >= 0.6 is 0 Å². The zero-order valence-electron chi connectivity index (χ0n) is 26.5. The molecule has 1 aromatic heterocycles. The average Bonchev–Trinajstić information content (AvgIpc) is 3.65. The first-order valence-electron chi connectivity index (χ1n) is 15.6. The Kier molecular flexibility index (Phi) is 9.86. The number of hydrogen-bond acceptors (Lipinski definition) is 5. The van der Waals surface area contributed by atoms with Crippen LogP contribution in [0.1, 0.15) is 66.7 Å². The van der Waals surface area contributed by atoms with Crippen molar-refractivity contribution in [2.24, 2.45) is 0 Å². The minimum absolute atomic E-state index is 0.158. The van der Waals surface area contributed by atoms with Gasteiger partial charge in [0.05, 0.1) is 10.6 Å². The largest absolute Gasteiger partial charge is 0.346 e. The monoisotopic (exact) mass is 649 g/mol. The molecule has 1 fully saturated rings. The highest BCUT2D eigenvalue weighted by Gasteiger charge is 2.39. The van der Waals surface area contributed by atoms with E-state index in [-0.39, 0.29) is 23.1 Å². The first-order chi connectivity index (χ1) is 21.5. The minimum atomic E-state index is -4.01. The number of sulfonamides is 1. The highest BCUT2D eigenvalue weighted by atomic mass is 32.2. The Morgan fingerprint density at radius 3 is 2.02 bits per heavy atom. The van der Waals surface area contributed by atoms with E-state index in [2.05, 4.69) is 13.8 Å². The van der Waals surface area contributed by atoms with E-state index >= 15 is 0 Å². The summed E-state index contributed by atoms with van der Waals surface area (Å²) in [7, 11) is -4.58. The van der Waals surface area contributed by atoms with Crippen molar-refractivity contribution in [1.82, 2.24) is 13.8 Å². The van der Waals surface area contributed by atoms with Crippen molar-refractivity contribution >= 4 is 36.7 Å². The summed E-state index contributed by atoms with van der Waals surface area (Å²) in [5.74, 6) is -0.973. The molecule has 2 unspecified atom stereocenters. The van der Waals surface area contributed by atoms with Gasteiger partial charge in [0.25, 0.3) is 5.91 Å². The van der Waals surface area contributed by atoms with Gasteiger partial charge in [0.15, 0.2) is 9.84 Å². The fraction of sp³-hybridized carbons (Fsp3) is 0.400. The van der Waals surface area contributed by atoms with Gasteiger partial charge in [0.2, 0.25) is 15.4 Å². The van der Waals surface area contributed by atoms with Crippen LogP contribution in [0.25, 0.3) is 10.9 Å². The molecule has 10 heteroatoms.